The molecule has 96 valence electrons. The summed E-state index contributed by atoms with van der Waals surface area (Å²) in [6.07, 6.45) is 3.68. The fourth-order valence-corrected chi connectivity index (χ4v) is 2.41. The lowest BCUT2D eigenvalue weighted by molar-refractivity contribution is 0.212. The number of aliphatic hydroxyl groups is 1. The van der Waals surface area contributed by atoms with Gasteiger partial charge in [0.15, 0.2) is 0 Å². The van der Waals surface area contributed by atoms with Gasteiger partial charge in [-0.15, -0.1) is 0 Å². The maximum Gasteiger partial charge on any atom is 0.117 e. The van der Waals surface area contributed by atoms with Gasteiger partial charge in [-0.05, 0) is 31.9 Å². The fourth-order valence-electron chi connectivity index (χ4n) is 2.41. The van der Waals surface area contributed by atoms with Crippen LogP contribution in [0.15, 0.2) is 22.8 Å². The number of hydrogen-bond acceptors (Lipinski definition) is 4. The minimum absolute atomic E-state index is 0.249. The highest BCUT2D eigenvalue weighted by Crippen LogP contribution is 2.12. The van der Waals surface area contributed by atoms with E-state index in [2.05, 4.69) is 17.1 Å². The zero-order valence-electron chi connectivity index (χ0n) is 10.4. The zero-order valence-corrected chi connectivity index (χ0v) is 10.4. The van der Waals surface area contributed by atoms with Crippen LogP contribution in [0.1, 0.15) is 25.5 Å². The monoisotopic (exact) mass is 238 g/mol. The minimum Gasteiger partial charge on any atom is -0.468 e. The SMILES string of the molecule is CC1CCN(Cc2ccco2)CC(CCO)N1. The van der Waals surface area contributed by atoms with Crippen molar-refractivity contribution in [1.29, 1.82) is 0 Å². The maximum atomic E-state index is 9.06. The smallest absolute Gasteiger partial charge is 0.117 e. The molecule has 2 atom stereocenters. The van der Waals surface area contributed by atoms with E-state index >= 15 is 0 Å². The van der Waals surface area contributed by atoms with Crippen molar-refractivity contribution < 1.29 is 9.52 Å². The second kappa shape index (κ2) is 6.19. The lowest BCUT2D eigenvalue weighted by Crippen LogP contribution is -2.40. The summed E-state index contributed by atoms with van der Waals surface area (Å²) in [5, 5.41) is 12.6. The van der Waals surface area contributed by atoms with Gasteiger partial charge in [0.05, 0.1) is 12.8 Å². The van der Waals surface area contributed by atoms with E-state index in [4.69, 9.17) is 9.52 Å². The number of nitrogens with one attached hydrogen (secondary N) is 1. The third-order valence-corrected chi connectivity index (χ3v) is 3.31. The molecule has 2 heterocycles. The van der Waals surface area contributed by atoms with E-state index in [-0.39, 0.29) is 6.61 Å². The quantitative estimate of drug-likeness (QED) is 0.828. The summed E-state index contributed by atoms with van der Waals surface area (Å²) in [4.78, 5) is 2.40. The van der Waals surface area contributed by atoms with Crippen molar-refractivity contribution in [2.75, 3.05) is 19.7 Å². The second-order valence-corrected chi connectivity index (χ2v) is 4.88. The summed E-state index contributed by atoms with van der Waals surface area (Å²) in [5.41, 5.74) is 0. The Hall–Kier alpha value is -0.840. The summed E-state index contributed by atoms with van der Waals surface area (Å²) >= 11 is 0. The Balaban J connectivity index is 1.92. The van der Waals surface area contributed by atoms with Gasteiger partial charge in [0, 0.05) is 31.8 Å². The van der Waals surface area contributed by atoms with Crippen molar-refractivity contribution >= 4 is 0 Å². The Morgan fingerprint density at radius 2 is 2.47 bits per heavy atom. The molecular weight excluding hydrogens is 216 g/mol. The van der Waals surface area contributed by atoms with E-state index in [1.54, 1.807) is 6.26 Å². The molecule has 0 radical (unpaired) electrons. The molecule has 17 heavy (non-hydrogen) atoms. The first kappa shape index (κ1) is 12.6. The van der Waals surface area contributed by atoms with Gasteiger partial charge < -0.3 is 14.8 Å². The van der Waals surface area contributed by atoms with Crippen LogP contribution in [0.25, 0.3) is 0 Å². The van der Waals surface area contributed by atoms with Crippen LogP contribution in [0.2, 0.25) is 0 Å². The zero-order chi connectivity index (χ0) is 12.1. The molecule has 1 aliphatic heterocycles. The minimum atomic E-state index is 0.249. The Kier molecular flexibility index (Phi) is 4.59. The molecule has 0 saturated carbocycles. The molecule has 2 rings (SSSR count). The van der Waals surface area contributed by atoms with Gasteiger partial charge >= 0.3 is 0 Å². The third-order valence-electron chi connectivity index (χ3n) is 3.31. The van der Waals surface area contributed by atoms with Crippen LogP contribution in [-0.2, 0) is 6.54 Å². The van der Waals surface area contributed by atoms with Crippen LogP contribution in [0.4, 0.5) is 0 Å². The average Bonchev–Trinajstić information content (AvgIpc) is 2.72. The van der Waals surface area contributed by atoms with Gasteiger partial charge in [-0.1, -0.05) is 0 Å². The summed E-state index contributed by atoms with van der Waals surface area (Å²) in [6.45, 7) is 5.38. The first-order valence-electron chi connectivity index (χ1n) is 6.39. The summed E-state index contributed by atoms with van der Waals surface area (Å²) < 4.78 is 5.39. The molecule has 0 amide bonds. The van der Waals surface area contributed by atoms with Gasteiger partial charge in [0.2, 0.25) is 0 Å². The van der Waals surface area contributed by atoms with Gasteiger partial charge in [-0.2, -0.15) is 0 Å². The lowest BCUT2D eigenvalue weighted by Gasteiger charge is -2.23. The molecule has 4 nitrogen and oxygen atoms in total. The van der Waals surface area contributed by atoms with Gasteiger partial charge in [-0.3, -0.25) is 4.90 Å². The topological polar surface area (TPSA) is 48.6 Å². The number of furan rings is 1. The maximum absolute atomic E-state index is 9.06. The molecular formula is C13H22N2O2. The molecule has 0 aliphatic carbocycles. The molecule has 2 unspecified atom stereocenters. The molecule has 2 N–H and O–H groups in total. The van der Waals surface area contributed by atoms with Crippen molar-refractivity contribution in [3.8, 4) is 0 Å². The highest BCUT2D eigenvalue weighted by atomic mass is 16.3. The predicted octanol–water partition coefficient (Wildman–Crippen LogP) is 1.21. The third kappa shape index (κ3) is 3.84. The summed E-state index contributed by atoms with van der Waals surface area (Å²) in [5.74, 6) is 1.02. The number of rotatable bonds is 4. The van der Waals surface area contributed by atoms with Crippen molar-refractivity contribution in [3.63, 3.8) is 0 Å². The molecule has 1 fully saturated rings. The summed E-state index contributed by atoms with van der Waals surface area (Å²) in [7, 11) is 0. The molecule has 4 heteroatoms. The molecule has 0 aromatic carbocycles. The van der Waals surface area contributed by atoms with E-state index < -0.39 is 0 Å². The Morgan fingerprint density at radius 1 is 1.59 bits per heavy atom. The Bertz CT molecular complexity index is 313. The number of aliphatic hydroxyl groups excluding tert-OH is 1. The van der Waals surface area contributed by atoms with Crippen molar-refractivity contribution in [3.05, 3.63) is 24.2 Å². The van der Waals surface area contributed by atoms with E-state index in [1.807, 2.05) is 12.1 Å². The van der Waals surface area contributed by atoms with Crippen molar-refractivity contribution in [2.45, 2.75) is 38.4 Å². The van der Waals surface area contributed by atoms with E-state index in [9.17, 15) is 0 Å². The van der Waals surface area contributed by atoms with Crippen LogP contribution in [-0.4, -0.2) is 41.8 Å². The second-order valence-electron chi connectivity index (χ2n) is 4.88. The van der Waals surface area contributed by atoms with Crippen molar-refractivity contribution in [2.24, 2.45) is 0 Å². The highest BCUT2D eigenvalue weighted by molar-refractivity contribution is 4.98. The van der Waals surface area contributed by atoms with E-state index in [0.717, 1.165) is 38.2 Å². The summed E-state index contributed by atoms with van der Waals surface area (Å²) in [6, 6.07) is 4.85. The molecule has 1 aromatic rings. The van der Waals surface area contributed by atoms with Gasteiger partial charge in [0.1, 0.15) is 5.76 Å². The highest BCUT2D eigenvalue weighted by Gasteiger charge is 2.21. The van der Waals surface area contributed by atoms with Crippen LogP contribution >= 0.6 is 0 Å². The molecule has 0 bridgehead atoms. The largest absolute Gasteiger partial charge is 0.468 e. The molecule has 1 aromatic heterocycles. The van der Waals surface area contributed by atoms with Crippen LogP contribution in [0.5, 0.6) is 0 Å². The first-order chi connectivity index (χ1) is 8.28. The Labute approximate surface area is 103 Å². The standard InChI is InChI=1S/C13H22N2O2/c1-11-4-6-15(9-12(14-11)5-7-16)10-13-3-2-8-17-13/h2-3,8,11-12,14,16H,4-7,9-10H2,1H3. The van der Waals surface area contributed by atoms with Crippen LogP contribution in [0, 0.1) is 0 Å². The van der Waals surface area contributed by atoms with E-state index in [1.165, 1.54) is 0 Å². The average molecular weight is 238 g/mol. The van der Waals surface area contributed by atoms with Gasteiger partial charge in [-0.25, -0.2) is 0 Å². The molecule has 1 saturated heterocycles. The lowest BCUT2D eigenvalue weighted by atomic mass is 10.2. The number of nitrogens with zero attached hydrogens (tertiary/aromatic N) is 1. The van der Waals surface area contributed by atoms with Crippen LogP contribution < -0.4 is 5.32 Å². The predicted molar refractivity (Wildman–Crippen MR) is 66.7 cm³/mol. The number of hydrogen-bond donors (Lipinski definition) is 2. The molecule has 0 spiro atoms. The van der Waals surface area contributed by atoms with Gasteiger partial charge in [0.25, 0.3) is 0 Å². The Morgan fingerprint density at radius 3 is 3.18 bits per heavy atom. The molecule has 1 aliphatic rings. The van der Waals surface area contributed by atoms with E-state index in [0.29, 0.717) is 12.1 Å². The normalized spacial score (nSPS) is 26.9. The fraction of sp³-hybridized carbons (Fsp3) is 0.692. The first-order valence-corrected chi connectivity index (χ1v) is 6.39. The van der Waals surface area contributed by atoms with Crippen LogP contribution in [0.3, 0.4) is 0 Å². The van der Waals surface area contributed by atoms with Crippen molar-refractivity contribution in [1.82, 2.24) is 10.2 Å².